The Morgan fingerprint density at radius 2 is 1.88 bits per heavy atom. The molecule has 2 rings (SSSR count). The summed E-state index contributed by atoms with van der Waals surface area (Å²) in [6.07, 6.45) is 1.75. The molecular weight excluding hydrogens is 208 g/mol. The first-order chi connectivity index (χ1) is 7.68. The van der Waals surface area contributed by atoms with Gasteiger partial charge in [-0.3, -0.25) is 20.4 Å². The number of hydrazine groups is 1. The maximum absolute atomic E-state index is 11.5. The molecule has 1 aromatic rings. The molecule has 0 heterocycles. The summed E-state index contributed by atoms with van der Waals surface area (Å²) in [5, 5.41) is 9.39. The zero-order chi connectivity index (χ0) is 11.5. The van der Waals surface area contributed by atoms with E-state index in [1.807, 2.05) is 0 Å². The van der Waals surface area contributed by atoms with Gasteiger partial charge < -0.3 is 5.11 Å². The van der Waals surface area contributed by atoms with Crippen LogP contribution in [-0.2, 0) is 4.79 Å². The van der Waals surface area contributed by atoms with Gasteiger partial charge in [-0.05, 0) is 25.0 Å². The molecule has 1 aliphatic rings. The van der Waals surface area contributed by atoms with Crippen molar-refractivity contribution in [2.45, 2.75) is 12.8 Å². The molecule has 0 bridgehead atoms. The molecule has 0 spiro atoms. The first-order valence-electron chi connectivity index (χ1n) is 5.06. The molecule has 0 aromatic heterocycles. The van der Waals surface area contributed by atoms with Gasteiger partial charge in [0.15, 0.2) is 0 Å². The second-order valence-electron chi connectivity index (χ2n) is 3.73. The number of benzene rings is 1. The Kier molecular flexibility index (Phi) is 2.76. The number of phenolic OH excluding ortho intramolecular Hbond substituents is 1. The number of para-hydroxylation sites is 1. The molecule has 5 heteroatoms. The maximum atomic E-state index is 11.5. The fourth-order valence-corrected chi connectivity index (χ4v) is 1.30. The highest BCUT2D eigenvalue weighted by molar-refractivity contribution is 5.97. The molecule has 1 aliphatic carbocycles. The molecule has 0 aliphatic heterocycles. The van der Waals surface area contributed by atoms with Gasteiger partial charge >= 0.3 is 0 Å². The van der Waals surface area contributed by atoms with Crippen LogP contribution in [0.3, 0.4) is 0 Å². The van der Waals surface area contributed by atoms with Gasteiger partial charge in [-0.25, -0.2) is 0 Å². The van der Waals surface area contributed by atoms with E-state index in [2.05, 4.69) is 10.9 Å². The van der Waals surface area contributed by atoms with Crippen molar-refractivity contribution >= 4 is 11.8 Å². The van der Waals surface area contributed by atoms with E-state index in [1.165, 1.54) is 12.1 Å². The second kappa shape index (κ2) is 4.22. The molecule has 0 radical (unpaired) electrons. The normalized spacial score (nSPS) is 14.2. The van der Waals surface area contributed by atoms with E-state index in [9.17, 15) is 14.7 Å². The third-order valence-electron chi connectivity index (χ3n) is 2.40. The minimum atomic E-state index is -0.521. The van der Waals surface area contributed by atoms with Crippen molar-refractivity contribution in [3.63, 3.8) is 0 Å². The maximum Gasteiger partial charge on any atom is 0.273 e. The SMILES string of the molecule is O=C(NNC(=O)C1CC1)c1ccccc1O. The zero-order valence-electron chi connectivity index (χ0n) is 8.56. The molecule has 0 saturated heterocycles. The predicted octanol–water partition coefficient (Wildman–Crippen LogP) is 0.563. The van der Waals surface area contributed by atoms with E-state index in [4.69, 9.17) is 0 Å². The average Bonchev–Trinajstić information content (AvgIpc) is 3.10. The second-order valence-corrected chi connectivity index (χ2v) is 3.73. The number of aromatic hydroxyl groups is 1. The lowest BCUT2D eigenvalue weighted by molar-refractivity contribution is -0.123. The highest BCUT2D eigenvalue weighted by atomic mass is 16.3. The van der Waals surface area contributed by atoms with Crippen LogP contribution in [0.1, 0.15) is 23.2 Å². The highest BCUT2D eigenvalue weighted by Crippen LogP contribution is 2.28. The summed E-state index contributed by atoms with van der Waals surface area (Å²) in [5.74, 6) is -0.777. The van der Waals surface area contributed by atoms with Gasteiger partial charge in [-0.15, -0.1) is 0 Å². The Labute approximate surface area is 92.4 Å². The van der Waals surface area contributed by atoms with Gasteiger partial charge in [-0.2, -0.15) is 0 Å². The summed E-state index contributed by atoms with van der Waals surface area (Å²) in [6.45, 7) is 0. The van der Waals surface area contributed by atoms with Crippen molar-refractivity contribution < 1.29 is 14.7 Å². The van der Waals surface area contributed by atoms with Crippen LogP contribution in [0.25, 0.3) is 0 Å². The van der Waals surface area contributed by atoms with Crippen LogP contribution in [0.4, 0.5) is 0 Å². The Balaban J connectivity index is 1.92. The van der Waals surface area contributed by atoms with E-state index in [1.54, 1.807) is 12.1 Å². The number of hydrogen-bond donors (Lipinski definition) is 3. The van der Waals surface area contributed by atoms with Crippen molar-refractivity contribution in [3.05, 3.63) is 29.8 Å². The summed E-state index contributed by atoms with van der Waals surface area (Å²) in [5.41, 5.74) is 4.72. The molecule has 1 saturated carbocycles. The van der Waals surface area contributed by atoms with E-state index in [0.717, 1.165) is 12.8 Å². The fraction of sp³-hybridized carbons (Fsp3) is 0.273. The highest BCUT2D eigenvalue weighted by Gasteiger charge is 2.29. The van der Waals surface area contributed by atoms with E-state index in [0.29, 0.717) is 0 Å². The summed E-state index contributed by atoms with van der Waals surface area (Å²) in [7, 11) is 0. The van der Waals surface area contributed by atoms with E-state index >= 15 is 0 Å². The molecule has 1 fully saturated rings. The lowest BCUT2D eigenvalue weighted by atomic mass is 10.2. The van der Waals surface area contributed by atoms with Gasteiger partial charge in [0.25, 0.3) is 5.91 Å². The van der Waals surface area contributed by atoms with Crippen LogP contribution in [0.2, 0.25) is 0 Å². The number of rotatable bonds is 2. The Morgan fingerprint density at radius 3 is 2.50 bits per heavy atom. The van der Waals surface area contributed by atoms with Crippen LogP contribution in [0.15, 0.2) is 24.3 Å². The summed E-state index contributed by atoms with van der Waals surface area (Å²) in [4.78, 5) is 22.8. The lowest BCUT2D eigenvalue weighted by Crippen LogP contribution is -2.42. The van der Waals surface area contributed by atoms with Gasteiger partial charge in [0.1, 0.15) is 5.75 Å². The molecule has 0 unspecified atom stereocenters. The number of phenols is 1. The third kappa shape index (κ3) is 2.31. The van der Waals surface area contributed by atoms with E-state index < -0.39 is 5.91 Å². The molecular formula is C11H12N2O3. The minimum Gasteiger partial charge on any atom is -0.507 e. The van der Waals surface area contributed by atoms with Gasteiger partial charge in [0, 0.05) is 5.92 Å². The molecule has 5 nitrogen and oxygen atoms in total. The average molecular weight is 220 g/mol. The number of amides is 2. The molecule has 1 aromatic carbocycles. The third-order valence-corrected chi connectivity index (χ3v) is 2.40. The zero-order valence-corrected chi connectivity index (χ0v) is 8.56. The largest absolute Gasteiger partial charge is 0.507 e. The van der Waals surface area contributed by atoms with Crippen molar-refractivity contribution in [3.8, 4) is 5.75 Å². The first-order valence-corrected chi connectivity index (χ1v) is 5.06. The van der Waals surface area contributed by atoms with Crippen LogP contribution < -0.4 is 10.9 Å². The standard InChI is InChI=1S/C11H12N2O3/c14-9-4-2-1-3-8(9)11(16)13-12-10(15)7-5-6-7/h1-4,7,14H,5-6H2,(H,12,15)(H,13,16). The molecule has 16 heavy (non-hydrogen) atoms. The molecule has 0 atom stereocenters. The summed E-state index contributed by atoms with van der Waals surface area (Å²) < 4.78 is 0. The fourth-order valence-electron chi connectivity index (χ4n) is 1.30. The molecule has 84 valence electrons. The van der Waals surface area contributed by atoms with Crippen LogP contribution >= 0.6 is 0 Å². The van der Waals surface area contributed by atoms with Crippen LogP contribution in [-0.4, -0.2) is 16.9 Å². The van der Waals surface area contributed by atoms with Crippen molar-refractivity contribution in [2.24, 2.45) is 5.92 Å². The van der Waals surface area contributed by atoms with Crippen LogP contribution in [0, 0.1) is 5.92 Å². The summed E-state index contributed by atoms with van der Waals surface area (Å²) in [6, 6.07) is 6.15. The summed E-state index contributed by atoms with van der Waals surface area (Å²) >= 11 is 0. The Hall–Kier alpha value is -2.04. The lowest BCUT2D eigenvalue weighted by Gasteiger charge is -2.07. The first kappa shape index (κ1) is 10.5. The smallest absolute Gasteiger partial charge is 0.273 e. The van der Waals surface area contributed by atoms with Gasteiger partial charge in [0.2, 0.25) is 5.91 Å². The quantitative estimate of drug-likeness (QED) is 0.637. The van der Waals surface area contributed by atoms with Crippen molar-refractivity contribution in [1.29, 1.82) is 0 Å². The number of nitrogens with one attached hydrogen (secondary N) is 2. The van der Waals surface area contributed by atoms with Crippen LogP contribution in [0.5, 0.6) is 5.75 Å². The van der Waals surface area contributed by atoms with Gasteiger partial charge in [-0.1, -0.05) is 12.1 Å². The van der Waals surface area contributed by atoms with Gasteiger partial charge in [0.05, 0.1) is 5.56 Å². The molecule has 3 N–H and O–H groups in total. The van der Waals surface area contributed by atoms with Crippen molar-refractivity contribution in [2.75, 3.05) is 0 Å². The number of carbonyl (C=O) groups excluding carboxylic acids is 2. The minimum absolute atomic E-state index is 0.0321. The number of hydrogen-bond acceptors (Lipinski definition) is 3. The molecule has 2 amide bonds. The van der Waals surface area contributed by atoms with E-state index in [-0.39, 0.29) is 23.1 Å². The predicted molar refractivity (Wildman–Crippen MR) is 56.4 cm³/mol. The van der Waals surface area contributed by atoms with Crippen molar-refractivity contribution in [1.82, 2.24) is 10.9 Å². The Morgan fingerprint density at radius 1 is 1.19 bits per heavy atom. The monoisotopic (exact) mass is 220 g/mol. The Bertz CT molecular complexity index is 427. The topological polar surface area (TPSA) is 78.4 Å². The number of carbonyl (C=O) groups is 2.